The summed E-state index contributed by atoms with van der Waals surface area (Å²) < 4.78 is 5.26. The first-order chi connectivity index (χ1) is 6.10. The van der Waals surface area contributed by atoms with Gasteiger partial charge in [-0.2, -0.15) is 0 Å². The monoisotopic (exact) mass is 181 g/mol. The molecule has 0 unspecified atom stereocenters. The lowest BCUT2D eigenvalue weighted by Gasteiger charge is -2.20. The number of aromatic nitrogens is 2. The normalized spacial score (nSPS) is 11.7. The molecule has 13 heavy (non-hydrogen) atoms. The van der Waals surface area contributed by atoms with E-state index in [1.54, 1.807) is 19.4 Å². The predicted octanol–water partition coefficient (Wildman–Crippen LogP) is 0.817. The summed E-state index contributed by atoms with van der Waals surface area (Å²) in [5.74, 6) is 0.665. The first-order valence-electron chi connectivity index (χ1n) is 4.18. The van der Waals surface area contributed by atoms with Crippen LogP contribution < -0.4 is 5.73 Å². The van der Waals surface area contributed by atoms with E-state index in [0.717, 1.165) is 5.69 Å². The van der Waals surface area contributed by atoms with Crippen LogP contribution in [0.3, 0.4) is 0 Å². The molecule has 0 aromatic carbocycles. The third kappa shape index (κ3) is 2.23. The maximum absolute atomic E-state index is 5.47. The summed E-state index contributed by atoms with van der Waals surface area (Å²) in [6.45, 7) is 4.26. The number of rotatable bonds is 3. The van der Waals surface area contributed by atoms with E-state index < -0.39 is 5.60 Å². The second kappa shape index (κ2) is 3.81. The number of hydrogen-bond donors (Lipinski definition) is 1. The van der Waals surface area contributed by atoms with Gasteiger partial charge in [0.1, 0.15) is 5.60 Å². The van der Waals surface area contributed by atoms with Gasteiger partial charge in [0.2, 0.25) is 0 Å². The standard InChI is InChI=1S/C9H15N3O/c1-9(2,13-3)8-11-5-4-7(6-10)12-8/h4-5H,6,10H2,1-3H3. The van der Waals surface area contributed by atoms with Crippen LogP contribution in [0.1, 0.15) is 25.4 Å². The highest BCUT2D eigenvalue weighted by Crippen LogP contribution is 2.19. The lowest BCUT2D eigenvalue weighted by Crippen LogP contribution is -2.23. The van der Waals surface area contributed by atoms with Crippen LogP contribution in [0.25, 0.3) is 0 Å². The third-order valence-corrected chi connectivity index (χ3v) is 1.97. The summed E-state index contributed by atoms with van der Waals surface area (Å²) in [5.41, 5.74) is 5.85. The second-order valence-corrected chi connectivity index (χ2v) is 3.29. The molecule has 4 nitrogen and oxygen atoms in total. The fourth-order valence-corrected chi connectivity index (χ4v) is 0.891. The quantitative estimate of drug-likeness (QED) is 0.749. The van der Waals surface area contributed by atoms with E-state index in [9.17, 15) is 0 Å². The van der Waals surface area contributed by atoms with Gasteiger partial charge in [0.15, 0.2) is 5.82 Å². The van der Waals surface area contributed by atoms with Gasteiger partial charge in [-0.05, 0) is 19.9 Å². The van der Waals surface area contributed by atoms with Crippen molar-refractivity contribution in [3.8, 4) is 0 Å². The van der Waals surface area contributed by atoms with E-state index in [1.807, 2.05) is 13.8 Å². The Kier molecular flexibility index (Phi) is 2.95. The molecule has 4 heteroatoms. The molecule has 0 aliphatic heterocycles. The minimum atomic E-state index is -0.453. The zero-order valence-electron chi connectivity index (χ0n) is 8.24. The first kappa shape index (κ1) is 10.1. The van der Waals surface area contributed by atoms with Gasteiger partial charge in [0.05, 0.1) is 5.69 Å². The van der Waals surface area contributed by atoms with E-state index in [-0.39, 0.29) is 0 Å². The zero-order chi connectivity index (χ0) is 9.90. The molecular weight excluding hydrogens is 166 g/mol. The topological polar surface area (TPSA) is 61.0 Å². The van der Waals surface area contributed by atoms with E-state index in [2.05, 4.69) is 9.97 Å². The maximum atomic E-state index is 5.47. The van der Waals surface area contributed by atoms with Crippen molar-refractivity contribution in [3.63, 3.8) is 0 Å². The largest absolute Gasteiger partial charge is 0.371 e. The van der Waals surface area contributed by atoms with Crippen LogP contribution in [0.5, 0.6) is 0 Å². The summed E-state index contributed by atoms with van der Waals surface area (Å²) >= 11 is 0. The van der Waals surface area contributed by atoms with Gasteiger partial charge < -0.3 is 10.5 Å². The Labute approximate surface area is 78.1 Å². The highest BCUT2D eigenvalue weighted by Gasteiger charge is 2.22. The average Bonchev–Trinajstić information content (AvgIpc) is 2.18. The number of hydrogen-bond acceptors (Lipinski definition) is 4. The van der Waals surface area contributed by atoms with Crippen LogP contribution in [0.4, 0.5) is 0 Å². The van der Waals surface area contributed by atoms with Crippen molar-refractivity contribution < 1.29 is 4.74 Å². The summed E-state index contributed by atoms with van der Waals surface area (Å²) in [6, 6.07) is 1.80. The van der Waals surface area contributed by atoms with Gasteiger partial charge in [0.25, 0.3) is 0 Å². The van der Waals surface area contributed by atoms with Crippen LogP contribution in [0.2, 0.25) is 0 Å². The summed E-state index contributed by atoms with van der Waals surface area (Å²) in [4.78, 5) is 8.41. The third-order valence-electron chi connectivity index (χ3n) is 1.97. The summed E-state index contributed by atoms with van der Waals surface area (Å²) in [6.07, 6.45) is 1.70. The summed E-state index contributed by atoms with van der Waals surface area (Å²) in [7, 11) is 1.64. The molecule has 0 fully saturated rings. The fraction of sp³-hybridized carbons (Fsp3) is 0.556. The molecule has 2 N–H and O–H groups in total. The van der Waals surface area contributed by atoms with Crippen molar-refractivity contribution in [2.24, 2.45) is 5.73 Å². The van der Waals surface area contributed by atoms with Crippen molar-refractivity contribution in [2.75, 3.05) is 7.11 Å². The molecule has 1 heterocycles. The molecule has 0 radical (unpaired) electrons. The molecule has 72 valence electrons. The molecule has 0 saturated heterocycles. The molecule has 1 aromatic rings. The highest BCUT2D eigenvalue weighted by atomic mass is 16.5. The number of methoxy groups -OCH3 is 1. The Balaban J connectivity index is 3.01. The van der Waals surface area contributed by atoms with E-state index in [1.165, 1.54) is 0 Å². The van der Waals surface area contributed by atoms with E-state index in [0.29, 0.717) is 12.4 Å². The van der Waals surface area contributed by atoms with E-state index in [4.69, 9.17) is 10.5 Å². The molecule has 0 bridgehead atoms. The van der Waals surface area contributed by atoms with Gasteiger partial charge in [-0.1, -0.05) is 0 Å². The lowest BCUT2D eigenvalue weighted by atomic mass is 10.1. The van der Waals surface area contributed by atoms with E-state index >= 15 is 0 Å². The smallest absolute Gasteiger partial charge is 0.159 e. The molecule has 0 saturated carbocycles. The molecule has 0 atom stereocenters. The molecule has 0 spiro atoms. The maximum Gasteiger partial charge on any atom is 0.159 e. The fourth-order valence-electron chi connectivity index (χ4n) is 0.891. The van der Waals surface area contributed by atoms with Crippen LogP contribution in [0.15, 0.2) is 12.3 Å². The molecule has 1 rings (SSSR count). The Morgan fingerprint density at radius 1 is 1.54 bits per heavy atom. The van der Waals surface area contributed by atoms with Crippen molar-refractivity contribution >= 4 is 0 Å². The SMILES string of the molecule is COC(C)(C)c1nccc(CN)n1. The van der Waals surface area contributed by atoms with Gasteiger partial charge in [-0.25, -0.2) is 9.97 Å². The van der Waals surface area contributed by atoms with Gasteiger partial charge in [-0.15, -0.1) is 0 Å². The molecule has 0 amide bonds. The Morgan fingerprint density at radius 3 is 2.77 bits per heavy atom. The van der Waals surface area contributed by atoms with Crippen molar-refractivity contribution in [1.29, 1.82) is 0 Å². The highest BCUT2D eigenvalue weighted by molar-refractivity contribution is 5.06. The Morgan fingerprint density at radius 2 is 2.23 bits per heavy atom. The van der Waals surface area contributed by atoms with Crippen LogP contribution in [-0.2, 0) is 16.9 Å². The number of nitrogens with zero attached hydrogens (tertiary/aromatic N) is 2. The number of nitrogens with two attached hydrogens (primary N) is 1. The molecular formula is C9H15N3O. The van der Waals surface area contributed by atoms with Crippen LogP contribution >= 0.6 is 0 Å². The first-order valence-corrected chi connectivity index (χ1v) is 4.18. The van der Waals surface area contributed by atoms with Crippen molar-refractivity contribution in [2.45, 2.75) is 26.0 Å². The van der Waals surface area contributed by atoms with Crippen LogP contribution in [0, 0.1) is 0 Å². The van der Waals surface area contributed by atoms with Crippen molar-refractivity contribution in [1.82, 2.24) is 9.97 Å². The van der Waals surface area contributed by atoms with Gasteiger partial charge in [0, 0.05) is 19.9 Å². The molecule has 0 aliphatic carbocycles. The van der Waals surface area contributed by atoms with Gasteiger partial charge in [-0.3, -0.25) is 0 Å². The minimum absolute atomic E-state index is 0.426. The van der Waals surface area contributed by atoms with Crippen molar-refractivity contribution in [3.05, 3.63) is 23.8 Å². The average molecular weight is 181 g/mol. The zero-order valence-corrected chi connectivity index (χ0v) is 8.24. The van der Waals surface area contributed by atoms with Gasteiger partial charge >= 0.3 is 0 Å². The Bertz CT molecular complexity index is 286. The number of ether oxygens (including phenoxy) is 1. The molecule has 1 aromatic heterocycles. The van der Waals surface area contributed by atoms with Crippen LogP contribution in [-0.4, -0.2) is 17.1 Å². The second-order valence-electron chi connectivity index (χ2n) is 3.29. The predicted molar refractivity (Wildman–Crippen MR) is 50.0 cm³/mol. The Hall–Kier alpha value is -1.00. The molecule has 0 aliphatic rings. The lowest BCUT2D eigenvalue weighted by molar-refractivity contribution is 0.0113. The minimum Gasteiger partial charge on any atom is -0.371 e. The summed E-state index contributed by atoms with van der Waals surface area (Å²) in [5, 5.41) is 0.